The molecule has 0 saturated carbocycles. The van der Waals surface area contributed by atoms with Gasteiger partial charge in [-0.2, -0.15) is 0 Å². The van der Waals surface area contributed by atoms with Crippen LogP contribution in [0.25, 0.3) is 0 Å². The van der Waals surface area contributed by atoms with Crippen molar-refractivity contribution in [2.24, 2.45) is 5.73 Å². The van der Waals surface area contributed by atoms with E-state index in [1.807, 2.05) is 0 Å². The molecule has 0 bridgehead atoms. The second kappa shape index (κ2) is 56.3. The van der Waals surface area contributed by atoms with Crippen LogP contribution in [0, 0.1) is 0 Å². The normalized spacial score (nSPS) is 13.3. The molecular weight excluding hydrogens is 1370 g/mol. The van der Waals surface area contributed by atoms with Crippen LogP contribution in [0.5, 0.6) is 0 Å². The van der Waals surface area contributed by atoms with Crippen LogP contribution in [0.4, 0.5) is 0 Å². The van der Waals surface area contributed by atoms with Crippen molar-refractivity contribution in [2.75, 3.05) is 72.5 Å². The van der Waals surface area contributed by atoms with Crippen molar-refractivity contribution in [2.45, 2.75) is 223 Å². The van der Waals surface area contributed by atoms with E-state index in [-0.39, 0.29) is 117 Å². The maximum atomic E-state index is 12.6. The minimum absolute atomic E-state index is 0.00311. The van der Waals surface area contributed by atoms with E-state index in [0.29, 0.717) is 25.7 Å². The Morgan fingerprint density at radius 1 is 0.358 bits per heavy atom. The molecule has 0 aliphatic heterocycles. The summed E-state index contributed by atoms with van der Waals surface area (Å²) in [5.74, 6) is -12.2. The fourth-order valence-electron chi connectivity index (χ4n) is 8.99. The fraction of sp³-hybridized carbons (Fsp3) is 0.767. The lowest BCUT2D eigenvalue weighted by atomic mass is 10.0. The van der Waals surface area contributed by atoms with Crippen LogP contribution >= 0.6 is 22.9 Å². The number of carboxylic acids is 5. The molecule has 35 heteroatoms. The number of aliphatic hydroxyl groups is 1. The number of nitrogens with two attached hydrogens (primary N) is 1. The van der Waals surface area contributed by atoms with Crippen LogP contribution in [0.1, 0.15) is 180 Å². The van der Waals surface area contributed by atoms with Gasteiger partial charge in [0, 0.05) is 81.0 Å². The molecule has 0 rings (SSSR count). The standard InChI is InChI=1S/C60H103IN10O24/c1-40(72)54(55(62)82)70-56(83)41(71-61)18-16-17-29-63-46(73)25-21-42(57(84)85)67-50(77)28-24-45(60(90)91)69-52(79)39-95-37-35-93-33-31-65-51(78)38-94-36-34-92-32-30-64-47(74)26-22-43(58(86)87)68-49(76)27-23-44(59(88)89)66-48(75)19-14-12-10-8-6-4-2-3-5-7-9-11-13-15-20-53(80)81/h40-45,54,71-72H,2-39H2,1H3,(H2,62,82)(H,63,73)(H,64,74)(H,65,78)(H,66,75)(H,67,77)(H,68,76)(H,69,79)(H,70,83)(H,80,81)(H,84,85)(H,86,87)(H,88,89)(H,90,91)/t40-,41+,42+,43+,44+,45+,54?/m1/s1. The van der Waals surface area contributed by atoms with E-state index >= 15 is 0 Å². The Bertz CT molecular complexity index is 2340. The average Bonchev–Trinajstić information content (AvgIpc) is 1.31. The number of carbonyl (C=O) groups is 14. The highest BCUT2D eigenvalue weighted by Crippen LogP contribution is 2.15. The van der Waals surface area contributed by atoms with Crippen LogP contribution in [-0.2, 0) is 86.1 Å². The Morgan fingerprint density at radius 2 is 0.695 bits per heavy atom. The summed E-state index contributed by atoms with van der Waals surface area (Å²) in [6.45, 7) is 0.888. The van der Waals surface area contributed by atoms with E-state index in [1.54, 1.807) is 22.9 Å². The molecule has 0 spiro atoms. The van der Waals surface area contributed by atoms with Crippen LogP contribution < -0.4 is 51.8 Å². The lowest BCUT2D eigenvalue weighted by Crippen LogP contribution is -2.54. The van der Waals surface area contributed by atoms with E-state index in [4.69, 9.17) is 29.8 Å². The molecule has 0 heterocycles. The van der Waals surface area contributed by atoms with Crippen molar-refractivity contribution in [3.63, 3.8) is 0 Å². The van der Waals surface area contributed by atoms with Gasteiger partial charge in [-0.05, 0) is 64.7 Å². The quantitative estimate of drug-likeness (QED) is 0.0216. The summed E-state index contributed by atoms with van der Waals surface area (Å²) in [6, 6.07) is -7.81. The molecule has 0 aliphatic carbocycles. The summed E-state index contributed by atoms with van der Waals surface area (Å²) in [5, 5.41) is 76.1. The number of hydrogen-bond acceptors (Lipinski definition) is 20. The number of hydrogen-bond donors (Lipinski definition) is 16. The number of halogens is 1. The van der Waals surface area contributed by atoms with Gasteiger partial charge in [-0.15, -0.1) is 0 Å². The molecular formula is C60H103IN10O24. The van der Waals surface area contributed by atoms with E-state index in [9.17, 15) is 92.7 Å². The third kappa shape index (κ3) is 50.2. The summed E-state index contributed by atoms with van der Waals surface area (Å²) in [4.78, 5) is 169. The number of aliphatic carboxylic acids is 5. The number of carboxylic acid groups (broad SMARTS) is 5. The molecule has 0 radical (unpaired) electrons. The van der Waals surface area contributed by atoms with Gasteiger partial charge in [0.15, 0.2) is 0 Å². The zero-order valence-corrected chi connectivity index (χ0v) is 56.6. The van der Waals surface area contributed by atoms with Crippen LogP contribution in [0.3, 0.4) is 0 Å². The topological polar surface area (TPSA) is 532 Å². The van der Waals surface area contributed by atoms with Crippen molar-refractivity contribution in [1.29, 1.82) is 0 Å². The molecule has 9 amide bonds. The molecule has 7 atom stereocenters. The second-order valence-electron chi connectivity index (χ2n) is 22.5. The van der Waals surface area contributed by atoms with Gasteiger partial charge < -0.3 is 97.9 Å². The van der Waals surface area contributed by atoms with Crippen molar-refractivity contribution in [3.05, 3.63) is 0 Å². The Morgan fingerprint density at radius 3 is 1.07 bits per heavy atom. The Hall–Kier alpha value is -6.93. The molecule has 544 valence electrons. The first-order chi connectivity index (χ1) is 45.3. The smallest absolute Gasteiger partial charge is 0.326 e. The number of amides is 9. The Balaban J connectivity index is 4.18. The maximum Gasteiger partial charge on any atom is 0.326 e. The lowest BCUT2D eigenvalue weighted by Gasteiger charge is -2.21. The highest BCUT2D eigenvalue weighted by Gasteiger charge is 2.29. The first-order valence-corrected chi connectivity index (χ1v) is 33.4. The van der Waals surface area contributed by atoms with Crippen molar-refractivity contribution < 1.29 is 117 Å². The Kier molecular flexibility index (Phi) is 52.2. The SMILES string of the molecule is C[C@@H](O)C(NC(=O)[C@H](CCCCNC(=O)CC[C@H](NC(=O)CC[C@H](NC(=O)COCCOCCNC(=O)COCCOCCNC(=O)CC[C@H](NC(=O)CC[C@H](NC(=O)CCCCCCCCCCCCCCCCC(=O)O)C(=O)O)C(=O)O)C(=O)O)C(=O)O)NI)C(N)=O. The number of carbonyl (C=O) groups excluding carboxylic acids is 9. The lowest BCUT2D eigenvalue weighted by molar-refractivity contribution is -0.144. The monoisotopic (exact) mass is 1470 g/mol. The minimum atomic E-state index is -1.53. The fourth-order valence-corrected chi connectivity index (χ4v) is 9.59. The summed E-state index contributed by atoms with van der Waals surface area (Å²) in [7, 11) is 0. The van der Waals surface area contributed by atoms with Crippen molar-refractivity contribution in [1.82, 2.24) is 46.1 Å². The number of unbranched alkanes of at least 4 members (excludes halogenated alkanes) is 14. The van der Waals surface area contributed by atoms with Crippen LogP contribution in [0.2, 0.25) is 0 Å². The molecule has 0 saturated heterocycles. The van der Waals surface area contributed by atoms with Gasteiger partial charge in [-0.1, -0.05) is 77.0 Å². The number of nitrogens with one attached hydrogen (secondary N) is 9. The molecule has 1 unspecified atom stereocenters. The number of primary amides is 1. The molecule has 95 heavy (non-hydrogen) atoms. The second-order valence-corrected chi connectivity index (χ2v) is 23.1. The third-order valence-electron chi connectivity index (χ3n) is 14.3. The van der Waals surface area contributed by atoms with Crippen LogP contribution in [0.15, 0.2) is 0 Å². The van der Waals surface area contributed by atoms with Crippen molar-refractivity contribution >= 4 is 106 Å². The van der Waals surface area contributed by atoms with E-state index in [2.05, 4.69) is 46.1 Å². The van der Waals surface area contributed by atoms with Gasteiger partial charge in [0.2, 0.25) is 53.2 Å². The van der Waals surface area contributed by atoms with Gasteiger partial charge in [0.25, 0.3) is 0 Å². The van der Waals surface area contributed by atoms with Gasteiger partial charge in [0.1, 0.15) is 43.4 Å². The zero-order valence-electron chi connectivity index (χ0n) is 54.4. The molecule has 0 aromatic rings. The summed E-state index contributed by atoms with van der Waals surface area (Å²) in [5.41, 5.74) is 5.21. The molecule has 0 aromatic carbocycles. The van der Waals surface area contributed by atoms with Crippen LogP contribution in [-0.4, -0.2) is 228 Å². The van der Waals surface area contributed by atoms with Gasteiger partial charge in [0.05, 0.1) is 51.8 Å². The first-order valence-electron chi connectivity index (χ1n) is 32.3. The van der Waals surface area contributed by atoms with Crippen molar-refractivity contribution in [3.8, 4) is 0 Å². The van der Waals surface area contributed by atoms with Gasteiger partial charge in [-0.25, -0.2) is 22.7 Å². The van der Waals surface area contributed by atoms with E-state index in [0.717, 1.165) is 57.8 Å². The molecule has 17 N–H and O–H groups in total. The molecule has 0 aliphatic rings. The third-order valence-corrected chi connectivity index (χ3v) is 15.1. The highest BCUT2D eigenvalue weighted by molar-refractivity contribution is 14.1. The predicted molar refractivity (Wildman–Crippen MR) is 347 cm³/mol. The number of ether oxygens (including phenoxy) is 4. The molecule has 34 nitrogen and oxygen atoms in total. The Labute approximate surface area is 567 Å². The van der Waals surface area contributed by atoms with E-state index in [1.165, 1.54) is 32.6 Å². The van der Waals surface area contributed by atoms with E-state index < -0.39 is 145 Å². The first kappa shape index (κ1) is 88.1. The minimum Gasteiger partial charge on any atom is -0.481 e. The van der Waals surface area contributed by atoms with Gasteiger partial charge in [-0.3, -0.25) is 47.9 Å². The number of rotatable bonds is 63. The summed E-state index contributed by atoms with van der Waals surface area (Å²) >= 11 is 1.77. The number of aliphatic hydroxyl groups excluding tert-OH is 1. The largest absolute Gasteiger partial charge is 0.481 e. The predicted octanol–water partition coefficient (Wildman–Crippen LogP) is -0.0446. The summed E-state index contributed by atoms with van der Waals surface area (Å²) in [6.07, 6.45) is 11.9. The van der Waals surface area contributed by atoms with Gasteiger partial charge >= 0.3 is 29.8 Å². The average molecular weight is 1480 g/mol. The summed E-state index contributed by atoms with van der Waals surface area (Å²) < 4.78 is 23.9. The maximum absolute atomic E-state index is 12.6. The molecule has 0 fully saturated rings. The zero-order chi connectivity index (χ0) is 71.2. The molecule has 0 aromatic heterocycles. The highest BCUT2D eigenvalue weighted by atomic mass is 127.